The first-order valence-electron chi connectivity index (χ1n) is 29.6. The van der Waals surface area contributed by atoms with Crippen LogP contribution in [0.25, 0.3) is 0 Å². The Morgan fingerprint density at radius 1 is 0.304 bits per heavy atom. The van der Waals surface area contributed by atoms with Gasteiger partial charge < -0.3 is 14.2 Å². The summed E-state index contributed by atoms with van der Waals surface area (Å²) in [5.41, 5.74) is 0.414. The van der Waals surface area contributed by atoms with Crippen LogP contribution in [-0.2, 0) is 14.2 Å². The fourth-order valence-corrected chi connectivity index (χ4v) is 8.80. The molecule has 0 unspecified atom stereocenters. The van der Waals surface area contributed by atoms with Gasteiger partial charge in [-0.1, -0.05) is 211 Å². The van der Waals surface area contributed by atoms with Gasteiger partial charge in [-0.15, -0.1) is 0 Å². The maximum absolute atomic E-state index is 13.5. The lowest BCUT2D eigenvalue weighted by atomic mass is 10.0. The number of rotatable bonds is 51. The van der Waals surface area contributed by atoms with Crippen molar-refractivity contribution in [1.29, 1.82) is 0 Å². The Bertz CT molecular complexity index is 1410. The number of hydrogen-bond donors (Lipinski definition) is 0. The zero-order valence-electron chi connectivity index (χ0n) is 45.5. The molecule has 69 heavy (non-hydrogen) atoms. The van der Waals surface area contributed by atoms with Crippen LogP contribution in [0, 0.1) is 0 Å². The lowest BCUT2D eigenvalue weighted by Gasteiger charge is -2.12. The molecule has 0 aliphatic carbocycles. The predicted molar refractivity (Wildman–Crippen MR) is 296 cm³/mol. The van der Waals surface area contributed by atoms with Crippen molar-refractivity contribution in [1.82, 2.24) is 0 Å². The number of hydrogen-bond acceptors (Lipinski definition) is 6. The number of benzene rings is 1. The smallest absolute Gasteiger partial charge is 0.339 e. The second kappa shape index (κ2) is 51.2. The number of ether oxygens (including phenoxy) is 3. The molecule has 0 aliphatic rings. The molecular formula is C63H108O6. The molecule has 0 fully saturated rings. The van der Waals surface area contributed by atoms with Crippen molar-refractivity contribution in [2.75, 3.05) is 19.8 Å². The molecule has 0 bridgehead atoms. The summed E-state index contributed by atoms with van der Waals surface area (Å²) in [5, 5.41) is 0. The van der Waals surface area contributed by atoms with E-state index in [2.05, 4.69) is 57.2 Å². The van der Waals surface area contributed by atoms with E-state index in [0.717, 1.165) is 96.3 Å². The Kier molecular flexibility index (Phi) is 47.4. The molecular weight excluding hydrogens is 853 g/mol. The van der Waals surface area contributed by atoms with Crippen LogP contribution in [0.2, 0.25) is 0 Å². The summed E-state index contributed by atoms with van der Waals surface area (Å²) in [6.45, 7) is 7.66. The Morgan fingerprint density at radius 2 is 0.551 bits per heavy atom. The monoisotopic (exact) mass is 961 g/mol. The van der Waals surface area contributed by atoms with Crippen molar-refractivity contribution in [3.8, 4) is 0 Å². The fourth-order valence-electron chi connectivity index (χ4n) is 8.80. The SMILES string of the molecule is CCCCCCCCCCC/C=C/CCCCCOC(=O)c1ccc(C(=O)OCCCCC/C=C/CCCCCCCCCCC)c(C(=O)OCCCCC/C=C/CCCCCCCCCCC)c1. The summed E-state index contributed by atoms with van der Waals surface area (Å²) in [7, 11) is 0. The van der Waals surface area contributed by atoms with Gasteiger partial charge in [-0.25, -0.2) is 14.4 Å². The average molecular weight is 962 g/mol. The van der Waals surface area contributed by atoms with E-state index < -0.39 is 17.9 Å². The zero-order valence-corrected chi connectivity index (χ0v) is 45.5. The average Bonchev–Trinajstić information content (AvgIpc) is 3.36. The van der Waals surface area contributed by atoms with Gasteiger partial charge in [0.1, 0.15) is 0 Å². The lowest BCUT2D eigenvalue weighted by molar-refractivity contribution is 0.0448. The van der Waals surface area contributed by atoms with Crippen molar-refractivity contribution < 1.29 is 28.6 Å². The highest BCUT2D eigenvalue weighted by Gasteiger charge is 2.22. The van der Waals surface area contributed by atoms with E-state index >= 15 is 0 Å². The quantitative estimate of drug-likeness (QED) is 0.0280. The topological polar surface area (TPSA) is 78.9 Å². The molecule has 6 heteroatoms. The fraction of sp³-hybridized carbons (Fsp3) is 0.762. The summed E-state index contributed by atoms with van der Waals surface area (Å²) in [5.74, 6) is -1.69. The minimum absolute atomic E-state index is 0.0557. The van der Waals surface area contributed by atoms with Crippen molar-refractivity contribution in [3.63, 3.8) is 0 Å². The third-order valence-electron chi connectivity index (χ3n) is 13.4. The summed E-state index contributed by atoms with van der Waals surface area (Å²) in [4.78, 5) is 39.9. The Labute approximate surface area is 426 Å². The van der Waals surface area contributed by atoms with Crippen LogP contribution >= 0.6 is 0 Å². The van der Waals surface area contributed by atoms with E-state index in [1.165, 1.54) is 185 Å². The molecule has 396 valence electrons. The van der Waals surface area contributed by atoms with Crippen LogP contribution in [0.4, 0.5) is 0 Å². The van der Waals surface area contributed by atoms with E-state index in [1.807, 2.05) is 0 Å². The molecule has 0 N–H and O–H groups in total. The number of esters is 3. The first kappa shape index (κ1) is 63.9. The normalized spacial score (nSPS) is 11.7. The minimum Gasteiger partial charge on any atom is -0.462 e. The molecule has 0 spiro atoms. The Morgan fingerprint density at radius 3 is 0.855 bits per heavy atom. The predicted octanol–water partition coefficient (Wildman–Crippen LogP) is 20.3. The molecule has 0 saturated heterocycles. The standard InChI is InChI=1S/C63H108O6/c1-4-7-10-13-16-19-22-25-28-31-34-37-40-43-46-49-54-67-61(64)58-52-53-59(62(65)68-55-50-47-44-41-38-35-32-29-26-23-20-17-14-11-8-5-2)60(57-58)63(66)69-56-51-48-45-42-39-36-33-30-27-24-21-18-15-12-9-6-3/h34-39,52-53,57H,4-33,40-51,54-56H2,1-3H3/b37-34+,38-35+,39-36+. The molecule has 0 aliphatic heterocycles. The van der Waals surface area contributed by atoms with Gasteiger partial charge >= 0.3 is 17.9 Å². The maximum atomic E-state index is 13.5. The molecule has 1 rings (SSSR count). The summed E-state index contributed by atoms with van der Waals surface area (Å²) in [6, 6.07) is 4.51. The van der Waals surface area contributed by atoms with Crippen molar-refractivity contribution in [2.45, 2.75) is 290 Å². The minimum atomic E-state index is -0.613. The highest BCUT2D eigenvalue weighted by Crippen LogP contribution is 2.19. The molecule has 0 aromatic heterocycles. The zero-order chi connectivity index (χ0) is 49.8. The second-order valence-electron chi connectivity index (χ2n) is 20.0. The molecule has 0 radical (unpaired) electrons. The van der Waals surface area contributed by atoms with E-state index in [-0.39, 0.29) is 29.9 Å². The Hall–Kier alpha value is -3.15. The number of carbonyl (C=O) groups is 3. The van der Waals surface area contributed by atoms with Gasteiger partial charge in [0.05, 0.1) is 36.5 Å². The van der Waals surface area contributed by atoms with Crippen LogP contribution in [0.15, 0.2) is 54.7 Å². The highest BCUT2D eigenvalue weighted by molar-refractivity contribution is 6.05. The summed E-state index contributed by atoms with van der Waals surface area (Å²) < 4.78 is 16.9. The van der Waals surface area contributed by atoms with Gasteiger partial charge in [0, 0.05) is 0 Å². The van der Waals surface area contributed by atoms with Gasteiger partial charge in [0.15, 0.2) is 0 Å². The van der Waals surface area contributed by atoms with Gasteiger partial charge in [0.2, 0.25) is 0 Å². The largest absolute Gasteiger partial charge is 0.462 e. The van der Waals surface area contributed by atoms with Gasteiger partial charge in [-0.05, 0) is 134 Å². The molecule has 0 atom stereocenters. The van der Waals surface area contributed by atoms with E-state index in [4.69, 9.17) is 14.2 Å². The van der Waals surface area contributed by atoms with Crippen molar-refractivity contribution in [2.24, 2.45) is 0 Å². The van der Waals surface area contributed by atoms with Crippen LogP contribution < -0.4 is 0 Å². The molecule has 0 heterocycles. The third kappa shape index (κ3) is 41.2. The van der Waals surface area contributed by atoms with Gasteiger partial charge in [-0.2, -0.15) is 0 Å². The maximum Gasteiger partial charge on any atom is 0.339 e. The molecule has 1 aromatic rings. The van der Waals surface area contributed by atoms with E-state index in [1.54, 1.807) is 6.07 Å². The third-order valence-corrected chi connectivity index (χ3v) is 13.4. The first-order valence-corrected chi connectivity index (χ1v) is 29.6. The molecule has 1 aromatic carbocycles. The van der Waals surface area contributed by atoms with E-state index in [0.29, 0.717) is 6.61 Å². The van der Waals surface area contributed by atoms with E-state index in [9.17, 15) is 14.4 Å². The van der Waals surface area contributed by atoms with Gasteiger partial charge in [-0.3, -0.25) is 0 Å². The van der Waals surface area contributed by atoms with Crippen molar-refractivity contribution in [3.05, 3.63) is 71.3 Å². The Balaban J connectivity index is 2.49. The first-order chi connectivity index (χ1) is 34.0. The van der Waals surface area contributed by atoms with Crippen LogP contribution in [0.3, 0.4) is 0 Å². The molecule has 0 saturated carbocycles. The number of unbranched alkanes of at least 4 members (excludes halogenated alkanes) is 36. The second-order valence-corrected chi connectivity index (χ2v) is 20.0. The van der Waals surface area contributed by atoms with Crippen LogP contribution in [-0.4, -0.2) is 37.7 Å². The van der Waals surface area contributed by atoms with Crippen LogP contribution in [0.5, 0.6) is 0 Å². The number of allylic oxidation sites excluding steroid dienone is 6. The highest BCUT2D eigenvalue weighted by atomic mass is 16.5. The molecule has 6 nitrogen and oxygen atoms in total. The summed E-state index contributed by atoms with van der Waals surface area (Å²) >= 11 is 0. The molecule has 0 amide bonds. The number of carbonyl (C=O) groups excluding carboxylic acids is 3. The summed E-state index contributed by atoms with van der Waals surface area (Å²) in [6.07, 6.45) is 65.3. The van der Waals surface area contributed by atoms with Gasteiger partial charge in [0.25, 0.3) is 0 Å². The van der Waals surface area contributed by atoms with Crippen LogP contribution in [0.1, 0.15) is 322 Å². The van der Waals surface area contributed by atoms with Crippen molar-refractivity contribution >= 4 is 17.9 Å². The lowest BCUT2D eigenvalue weighted by Crippen LogP contribution is -2.17.